The number of alkyl halides is 3. The lowest BCUT2D eigenvalue weighted by atomic mass is 9.78. The molecule has 0 saturated heterocycles. The minimum atomic E-state index is -4.40. The number of hydrogen-bond acceptors (Lipinski definition) is 1. The predicted molar refractivity (Wildman–Crippen MR) is 103 cm³/mol. The third kappa shape index (κ3) is 4.51. The average molecular weight is 406 g/mol. The van der Waals surface area contributed by atoms with E-state index in [1.807, 2.05) is 12.1 Å². The Morgan fingerprint density at radius 1 is 1.11 bits per heavy atom. The van der Waals surface area contributed by atoms with Crippen molar-refractivity contribution in [1.29, 1.82) is 0 Å². The Labute approximate surface area is 167 Å². The number of amides is 1. The molecule has 6 heteroatoms. The summed E-state index contributed by atoms with van der Waals surface area (Å²) in [5.41, 5.74) is -0.145. The van der Waals surface area contributed by atoms with Gasteiger partial charge in [-0.3, -0.25) is 4.79 Å². The van der Waals surface area contributed by atoms with E-state index in [9.17, 15) is 18.0 Å². The summed E-state index contributed by atoms with van der Waals surface area (Å²) in [5.74, 6) is 5.32. The van der Waals surface area contributed by atoms with Crippen molar-refractivity contribution in [2.45, 2.75) is 37.3 Å². The normalized spacial score (nSPS) is 15.6. The van der Waals surface area contributed by atoms with E-state index in [4.69, 9.17) is 11.6 Å². The van der Waals surface area contributed by atoms with E-state index in [1.165, 1.54) is 12.1 Å². The van der Waals surface area contributed by atoms with Crippen LogP contribution in [0.25, 0.3) is 0 Å². The smallest absolute Gasteiger partial charge is 0.344 e. The Bertz CT molecular complexity index is 904. The zero-order valence-electron chi connectivity index (χ0n) is 15.1. The number of carbonyl (C=O) groups excluding carboxylic acids is 1. The zero-order chi connectivity index (χ0) is 20.2. The molecule has 1 fully saturated rings. The van der Waals surface area contributed by atoms with Crippen molar-refractivity contribution in [2.75, 3.05) is 6.54 Å². The molecular weight excluding hydrogens is 387 g/mol. The van der Waals surface area contributed by atoms with Gasteiger partial charge in [0, 0.05) is 10.6 Å². The molecule has 0 unspecified atom stereocenters. The molecule has 0 atom stereocenters. The van der Waals surface area contributed by atoms with Crippen LogP contribution in [0.15, 0.2) is 48.5 Å². The second-order valence-electron chi connectivity index (χ2n) is 6.86. The first kappa shape index (κ1) is 20.3. The van der Waals surface area contributed by atoms with Gasteiger partial charge in [0.1, 0.15) is 0 Å². The van der Waals surface area contributed by atoms with E-state index in [0.29, 0.717) is 5.02 Å². The molecule has 1 aliphatic rings. The largest absolute Gasteiger partial charge is 0.416 e. The Kier molecular flexibility index (Phi) is 6.00. The quantitative estimate of drug-likeness (QED) is 0.686. The third-order valence-electron chi connectivity index (χ3n) is 5.05. The zero-order valence-corrected chi connectivity index (χ0v) is 15.8. The van der Waals surface area contributed by atoms with E-state index >= 15 is 0 Å². The Morgan fingerprint density at radius 3 is 2.43 bits per heavy atom. The molecule has 2 nitrogen and oxygen atoms in total. The monoisotopic (exact) mass is 405 g/mol. The second-order valence-corrected chi connectivity index (χ2v) is 7.30. The van der Waals surface area contributed by atoms with Crippen molar-refractivity contribution in [2.24, 2.45) is 0 Å². The average Bonchev–Trinajstić information content (AvgIpc) is 3.16. The van der Waals surface area contributed by atoms with Gasteiger partial charge in [-0.1, -0.05) is 54.5 Å². The summed E-state index contributed by atoms with van der Waals surface area (Å²) in [6.45, 7) is 0.0738. The molecule has 0 radical (unpaired) electrons. The maximum atomic E-state index is 12.9. The highest BCUT2D eigenvalue weighted by Gasteiger charge is 2.42. The summed E-state index contributed by atoms with van der Waals surface area (Å²) in [5, 5.41) is 3.44. The number of nitrogens with one attached hydrogen (secondary N) is 1. The fraction of sp³-hybridized carbons (Fsp3) is 0.318. The summed E-state index contributed by atoms with van der Waals surface area (Å²) in [6.07, 6.45) is -0.972. The van der Waals surface area contributed by atoms with Crippen LogP contribution in [0.3, 0.4) is 0 Å². The van der Waals surface area contributed by atoms with Crippen LogP contribution in [0.5, 0.6) is 0 Å². The van der Waals surface area contributed by atoms with E-state index in [1.54, 1.807) is 12.1 Å². The van der Waals surface area contributed by atoms with Gasteiger partial charge in [-0.15, -0.1) is 0 Å². The molecule has 1 saturated carbocycles. The lowest BCUT2D eigenvalue weighted by Crippen LogP contribution is -2.42. The first-order valence-corrected chi connectivity index (χ1v) is 9.39. The summed E-state index contributed by atoms with van der Waals surface area (Å²) >= 11 is 5.95. The van der Waals surface area contributed by atoms with Crippen molar-refractivity contribution in [3.63, 3.8) is 0 Å². The van der Waals surface area contributed by atoms with Crippen LogP contribution < -0.4 is 5.32 Å². The molecule has 1 N–H and O–H groups in total. The molecule has 28 heavy (non-hydrogen) atoms. The minimum absolute atomic E-state index is 0.0738. The van der Waals surface area contributed by atoms with Crippen LogP contribution in [0.1, 0.15) is 42.4 Å². The second kappa shape index (κ2) is 8.28. The Morgan fingerprint density at radius 2 is 1.79 bits per heavy atom. The topological polar surface area (TPSA) is 29.1 Å². The molecule has 2 aromatic rings. The number of hydrogen-bond donors (Lipinski definition) is 1. The van der Waals surface area contributed by atoms with Gasteiger partial charge in [-0.2, -0.15) is 13.2 Å². The molecule has 0 aromatic heterocycles. The van der Waals surface area contributed by atoms with Gasteiger partial charge in [0.25, 0.3) is 0 Å². The van der Waals surface area contributed by atoms with Crippen LogP contribution in [0.4, 0.5) is 13.2 Å². The maximum absolute atomic E-state index is 12.9. The van der Waals surface area contributed by atoms with Crippen LogP contribution in [0, 0.1) is 11.8 Å². The molecule has 0 spiro atoms. The van der Waals surface area contributed by atoms with E-state index in [2.05, 4.69) is 17.2 Å². The van der Waals surface area contributed by atoms with Gasteiger partial charge in [-0.05, 0) is 48.7 Å². The highest BCUT2D eigenvalue weighted by atomic mass is 35.5. The number of carbonyl (C=O) groups is 1. The first-order valence-electron chi connectivity index (χ1n) is 9.02. The van der Waals surface area contributed by atoms with Gasteiger partial charge >= 0.3 is 6.18 Å². The van der Waals surface area contributed by atoms with Gasteiger partial charge in [0.2, 0.25) is 5.91 Å². The van der Waals surface area contributed by atoms with Crippen molar-refractivity contribution < 1.29 is 18.0 Å². The fourth-order valence-corrected chi connectivity index (χ4v) is 3.73. The molecule has 3 rings (SSSR count). The molecule has 146 valence electrons. The molecule has 0 heterocycles. The van der Waals surface area contributed by atoms with Crippen molar-refractivity contribution >= 4 is 17.5 Å². The standard InChI is InChI=1S/C22H19ClF3NO/c23-19-10-8-17(9-11-19)21(12-1-2-13-21)20(28)27-14-4-6-16-5-3-7-18(15-16)22(24,25)26/h3,5,7-11,15H,1-2,12-14H2,(H,27,28). The fourth-order valence-electron chi connectivity index (χ4n) is 3.61. The van der Waals surface area contributed by atoms with Crippen molar-refractivity contribution in [3.8, 4) is 11.8 Å². The maximum Gasteiger partial charge on any atom is 0.416 e. The number of benzene rings is 2. The molecule has 1 aliphatic carbocycles. The van der Waals surface area contributed by atoms with Crippen molar-refractivity contribution in [3.05, 3.63) is 70.2 Å². The summed E-state index contributed by atoms with van der Waals surface area (Å²) < 4.78 is 38.2. The van der Waals surface area contributed by atoms with Gasteiger partial charge < -0.3 is 5.32 Å². The van der Waals surface area contributed by atoms with Crippen LogP contribution in [-0.2, 0) is 16.4 Å². The highest BCUT2D eigenvalue weighted by molar-refractivity contribution is 6.30. The minimum Gasteiger partial charge on any atom is -0.344 e. The summed E-state index contributed by atoms with van der Waals surface area (Å²) in [6, 6.07) is 12.1. The van der Waals surface area contributed by atoms with E-state index in [0.717, 1.165) is 43.4 Å². The van der Waals surface area contributed by atoms with Crippen LogP contribution >= 0.6 is 11.6 Å². The number of halogens is 4. The third-order valence-corrected chi connectivity index (χ3v) is 5.30. The van der Waals surface area contributed by atoms with Crippen LogP contribution in [-0.4, -0.2) is 12.5 Å². The molecule has 0 bridgehead atoms. The SMILES string of the molecule is O=C(NCC#Cc1cccc(C(F)(F)F)c1)C1(c2ccc(Cl)cc2)CCCC1. The Hall–Kier alpha value is -2.45. The molecule has 1 amide bonds. The molecule has 2 aromatic carbocycles. The molecule has 0 aliphatic heterocycles. The highest BCUT2D eigenvalue weighted by Crippen LogP contribution is 2.41. The molecular formula is C22H19ClF3NO. The summed E-state index contributed by atoms with van der Waals surface area (Å²) in [7, 11) is 0. The van der Waals surface area contributed by atoms with E-state index in [-0.39, 0.29) is 18.0 Å². The Balaban J connectivity index is 1.69. The van der Waals surface area contributed by atoms with Gasteiger partial charge in [0.05, 0.1) is 17.5 Å². The van der Waals surface area contributed by atoms with Crippen molar-refractivity contribution in [1.82, 2.24) is 5.32 Å². The first-order chi connectivity index (χ1) is 13.3. The lowest BCUT2D eigenvalue weighted by molar-refractivity contribution is -0.137. The summed E-state index contributed by atoms with van der Waals surface area (Å²) in [4.78, 5) is 12.9. The number of rotatable bonds is 3. The van der Waals surface area contributed by atoms with Gasteiger partial charge in [0.15, 0.2) is 0 Å². The van der Waals surface area contributed by atoms with Crippen LogP contribution in [0.2, 0.25) is 5.02 Å². The van der Waals surface area contributed by atoms with Gasteiger partial charge in [-0.25, -0.2) is 0 Å². The lowest BCUT2D eigenvalue weighted by Gasteiger charge is -2.28. The predicted octanol–water partition coefficient (Wildman–Crippen LogP) is 5.34. The van der Waals surface area contributed by atoms with E-state index < -0.39 is 17.2 Å².